The zero-order chi connectivity index (χ0) is 12.0. The normalized spacial score (nSPS) is 11.2. The van der Waals surface area contributed by atoms with Crippen LogP contribution in [0.1, 0.15) is 0 Å². The number of anilines is 1. The largest absolute Gasteiger partial charge is 0.411 e. The van der Waals surface area contributed by atoms with Gasteiger partial charge in [0.05, 0.1) is 11.9 Å². The van der Waals surface area contributed by atoms with Crippen LogP contribution >= 0.6 is 0 Å². The molecule has 1 heterocycles. The van der Waals surface area contributed by atoms with Crippen molar-refractivity contribution in [2.45, 2.75) is 6.18 Å². The fraction of sp³-hybridized carbons (Fsp3) is 0.333. The second kappa shape index (κ2) is 5.45. The van der Waals surface area contributed by atoms with Gasteiger partial charge in [-0.15, -0.1) is 0 Å². The van der Waals surface area contributed by atoms with E-state index in [0.29, 0.717) is 5.69 Å². The molecule has 0 aliphatic rings. The SMILES string of the molecule is O=C(COCC(F)(F)F)Nc1cccnc1. The minimum atomic E-state index is -4.42. The Morgan fingerprint density at radius 3 is 2.81 bits per heavy atom. The van der Waals surface area contributed by atoms with Crippen LogP contribution in [0.5, 0.6) is 0 Å². The number of aromatic nitrogens is 1. The molecule has 4 nitrogen and oxygen atoms in total. The summed E-state index contributed by atoms with van der Waals surface area (Å²) in [5.74, 6) is -0.655. The van der Waals surface area contributed by atoms with Gasteiger partial charge in [0, 0.05) is 6.20 Å². The van der Waals surface area contributed by atoms with Gasteiger partial charge in [0.2, 0.25) is 5.91 Å². The van der Waals surface area contributed by atoms with Crippen LogP contribution in [0.4, 0.5) is 18.9 Å². The Labute approximate surface area is 89.4 Å². The van der Waals surface area contributed by atoms with Crippen LogP contribution in [0.2, 0.25) is 0 Å². The summed E-state index contributed by atoms with van der Waals surface area (Å²) in [6.45, 7) is -2.08. The van der Waals surface area contributed by atoms with Gasteiger partial charge in [-0.2, -0.15) is 13.2 Å². The first-order chi connectivity index (χ1) is 7.47. The molecule has 1 aromatic heterocycles. The van der Waals surface area contributed by atoms with Crippen molar-refractivity contribution in [3.63, 3.8) is 0 Å². The minimum Gasteiger partial charge on any atom is -0.362 e. The van der Waals surface area contributed by atoms with Crippen LogP contribution < -0.4 is 5.32 Å². The zero-order valence-corrected chi connectivity index (χ0v) is 8.12. The number of alkyl halides is 3. The number of hydrogen-bond donors (Lipinski definition) is 1. The predicted molar refractivity (Wildman–Crippen MR) is 49.7 cm³/mol. The van der Waals surface area contributed by atoms with Gasteiger partial charge >= 0.3 is 6.18 Å². The van der Waals surface area contributed by atoms with Gasteiger partial charge in [-0.25, -0.2) is 0 Å². The van der Waals surface area contributed by atoms with Gasteiger partial charge in [-0.3, -0.25) is 9.78 Å². The zero-order valence-electron chi connectivity index (χ0n) is 8.12. The van der Waals surface area contributed by atoms with E-state index in [2.05, 4.69) is 15.0 Å². The number of nitrogens with zero attached hydrogens (tertiary/aromatic N) is 1. The molecule has 1 rings (SSSR count). The highest BCUT2D eigenvalue weighted by atomic mass is 19.4. The molecule has 0 fully saturated rings. The molecule has 88 valence electrons. The van der Waals surface area contributed by atoms with Crippen molar-refractivity contribution in [1.82, 2.24) is 4.98 Å². The summed E-state index contributed by atoms with van der Waals surface area (Å²) in [6.07, 6.45) is -1.54. The lowest BCUT2D eigenvalue weighted by Crippen LogP contribution is -2.23. The lowest BCUT2D eigenvalue weighted by molar-refractivity contribution is -0.174. The maximum absolute atomic E-state index is 11.7. The Hall–Kier alpha value is -1.63. The molecule has 1 aromatic rings. The van der Waals surface area contributed by atoms with E-state index in [1.54, 1.807) is 12.1 Å². The maximum Gasteiger partial charge on any atom is 0.411 e. The van der Waals surface area contributed by atoms with E-state index in [-0.39, 0.29) is 0 Å². The van der Waals surface area contributed by atoms with Gasteiger partial charge < -0.3 is 10.1 Å². The van der Waals surface area contributed by atoms with E-state index in [9.17, 15) is 18.0 Å². The molecule has 1 N–H and O–H groups in total. The van der Waals surface area contributed by atoms with Gasteiger partial charge in [-0.05, 0) is 12.1 Å². The van der Waals surface area contributed by atoms with Crippen molar-refractivity contribution in [1.29, 1.82) is 0 Å². The Kier molecular flexibility index (Phi) is 4.24. The summed E-state index contributed by atoms with van der Waals surface area (Å²) in [4.78, 5) is 14.8. The van der Waals surface area contributed by atoms with Crippen molar-refractivity contribution >= 4 is 11.6 Å². The number of pyridine rings is 1. The Morgan fingerprint density at radius 2 is 2.25 bits per heavy atom. The van der Waals surface area contributed by atoms with Crippen molar-refractivity contribution in [2.75, 3.05) is 18.5 Å². The lowest BCUT2D eigenvalue weighted by Gasteiger charge is -2.07. The number of hydrogen-bond acceptors (Lipinski definition) is 3. The molecule has 16 heavy (non-hydrogen) atoms. The van der Waals surface area contributed by atoms with E-state index in [1.165, 1.54) is 12.4 Å². The van der Waals surface area contributed by atoms with E-state index >= 15 is 0 Å². The average molecular weight is 234 g/mol. The minimum absolute atomic E-state index is 0.406. The highest BCUT2D eigenvalue weighted by molar-refractivity contribution is 5.91. The van der Waals surface area contributed by atoms with Crippen molar-refractivity contribution < 1.29 is 22.7 Å². The van der Waals surface area contributed by atoms with Crippen molar-refractivity contribution in [3.8, 4) is 0 Å². The second-order valence-corrected chi connectivity index (χ2v) is 2.90. The molecule has 0 aliphatic heterocycles. The summed E-state index contributed by atoms with van der Waals surface area (Å²) in [7, 11) is 0. The number of carbonyl (C=O) groups is 1. The molecule has 0 saturated heterocycles. The first-order valence-corrected chi connectivity index (χ1v) is 4.32. The number of carbonyl (C=O) groups excluding carboxylic acids is 1. The lowest BCUT2D eigenvalue weighted by atomic mass is 10.4. The summed E-state index contributed by atoms with van der Waals surface area (Å²) in [6, 6.07) is 3.15. The van der Waals surface area contributed by atoms with Gasteiger partial charge in [-0.1, -0.05) is 0 Å². The molecule has 0 aromatic carbocycles. The molecular weight excluding hydrogens is 225 g/mol. The number of nitrogens with one attached hydrogen (secondary N) is 1. The molecule has 0 aliphatic carbocycles. The van der Waals surface area contributed by atoms with Crippen LogP contribution in [0.25, 0.3) is 0 Å². The van der Waals surface area contributed by atoms with Crippen molar-refractivity contribution in [2.24, 2.45) is 0 Å². The second-order valence-electron chi connectivity index (χ2n) is 2.90. The van der Waals surface area contributed by atoms with Crippen LogP contribution in [0.3, 0.4) is 0 Å². The van der Waals surface area contributed by atoms with Crippen molar-refractivity contribution in [3.05, 3.63) is 24.5 Å². The van der Waals surface area contributed by atoms with E-state index in [4.69, 9.17) is 0 Å². The third-order valence-electron chi connectivity index (χ3n) is 1.44. The molecule has 0 spiro atoms. The Morgan fingerprint density at radius 1 is 1.50 bits per heavy atom. The summed E-state index contributed by atoms with van der Waals surface area (Å²) in [5, 5.41) is 2.33. The number of amides is 1. The summed E-state index contributed by atoms with van der Waals surface area (Å²) >= 11 is 0. The van der Waals surface area contributed by atoms with Crippen LogP contribution in [-0.2, 0) is 9.53 Å². The monoisotopic (exact) mass is 234 g/mol. The van der Waals surface area contributed by atoms with Crippen LogP contribution in [-0.4, -0.2) is 30.3 Å². The van der Waals surface area contributed by atoms with E-state index < -0.39 is 25.3 Å². The fourth-order valence-corrected chi connectivity index (χ4v) is 0.893. The van der Waals surface area contributed by atoms with Crippen LogP contribution in [0.15, 0.2) is 24.5 Å². The third kappa shape index (κ3) is 5.30. The average Bonchev–Trinajstić information content (AvgIpc) is 2.17. The molecule has 0 unspecified atom stereocenters. The smallest absolute Gasteiger partial charge is 0.362 e. The Bertz CT molecular complexity index is 340. The van der Waals surface area contributed by atoms with Crippen LogP contribution in [0, 0.1) is 0 Å². The summed E-state index contributed by atoms with van der Waals surface area (Å²) < 4.78 is 39.2. The molecule has 0 atom stereocenters. The summed E-state index contributed by atoms with van der Waals surface area (Å²) in [5.41, 5.74) is 0.406. The van der Waals surface area contributed by atoms with E-state index in [0.717, 1.165) is 0 Å². The first kappa shape index (κ1) is 12.4. The quantitative estimate of drug-likeness (QED) is 0.860. The van der Waals surface area contributed by atoms with Gasteiger partial charge in [0.15, 0.2) is 0 Å². The molecule has 0 radical (unpaired) electrons. The molecular formula is C9H9F3N2O2. The number of ether oxygens (including phenoxy) is 1. The molecule has 0 bridgehead atoms. The maximum atomic E-state index is 11.7. The molecule has 1 amide bonds. The first-order valence-electron chi connectivity index (χ1n) is 4.32. The number of rotatable bonds is 4. The number of halogens is 3. The van der Waals surface area contributed by atoms with E-state index in [1.807, 2.05) is 0 Å². The highest BCUT2D eigenvalue weighted by Crippen LogP contribution is 2.14. The molecule has 0 saturated carbocycles. The van der Waals surface area contributed by atoms with Gasteiger partial charge in [0.1, 0.15) is 13.2 Å². The standard InChI is InChI=1S/C9H9F3N2O2/c10-9(11,12)6-16-5-8(15)14-7-2-1-3-13-4-7/h1-4H,5-6H2,(H,14,15). The predicted octanol–water partition coefficient (Wildman–Crippen LogP) is 1.60. The Balaban J connectivity index is 2.27. The topological polar surface area (TPSA) is 51.2 Å². The van der Waals surface area contributed by atoms with Gasteiger partial charge in [0.25, 0.3) is 0 Å². The fourth-order valence-electron chi connectivity index (χ4n) is 0.893. The highest BCUT2D eigenvalue weighted by Gasteiger charge is 2.27. The molecule has 7 heteroatoms. The third-order valence-corrected chi connectivity index (χ3v) is 1.44.